The summed E-state index contributed by atoms with van der Waals surface area (Å²) in [6.45, 7) is 17.9. The highest BCUT2D eigenvalue weighted by atomic mass is 28.3. The maximum Gasteiger partial charge on any atom is 0.356 e. The van der Waals surface area contributed by atoms with Crippen molar-refractivity contribution in [1.82, 2.24) is 0 Å². The van der Waals surface area contributed by atoms with Gasteiger partial charge in [-0.05, 0) is 28.9 Å². The molecule has 0 aromatic heterocycles. The monoisotopic (exact) mass is 336 g/mol. The molecular formula is C20H36O2Si. The average molecular weight is 337 g/mol. The highest BCUT2D eigenvalue weighted by Gasteiger charge is 2.30. The molecule has 1 rings (SSSR count). The average Bonchev–Trinajstić information content (AvgIpc) is 2.46. The fourth-order valence-corrected chi connectivity index (χ4v) is 6.00. The number of benzene rings is 1. The minimum Gasteiger partial charge on any atom is -0.390 e. The molecule has 0 radical (unpaired) electrons. The summed E-state index contributed by atoms with van der Waals surface area (Å²) in [6.07, 6.45) is 0.485. The summed E-state index contributed by atoms with van der Waals surface area (Å²) >= 11 is 0. The molecule has 0 heterocycles. The van der Waals surface area contributed by atoms with Gasteiger partial charge in [0.2, 0.25) is 0 Å². The first-order valence-corrected chi connectivity index (χ1v) is 10.6. The summed E-state index contributed by atoms with van der Waals surface area (Å²) in [5.74, 6) is 1.98. The number of rotatable bonds is 9. The second-order valence-electron chi connectivity index (χ2n) is 7.92. The molecule has 0 aliphatic carbocycles. The van der Waals surface area contributed by atoms with Gasteiger partial charge in [-0.15, -0.1) is 0 Å². The second-order valence-corrected chi connectivity index (χ2v) is 9.79. The maximum absolute atomic E-state index is 6.61. The van der Waals surface area contributed by atoms with Gasteiger partial charge >= 0.3 is 9.28 Å². The van der Waals surface area contributed by atoms with Crippen LogP contribution in [0.3, 0.4) is 0 Å². The van der Waals surface area contributed by atoms with Crippen LogP contribution < -0.4 is 5.19 Å². The van der Waals surface area contributed by atoms with Crippen molar-refractivity contribution in [3.8, 4) is 0 Å². The topological polar surface area (TPSA) is 18.5 Å². The third-order valence-corrected chi connectivity index (χ3v) is 6.31. The molecule has 0 atom stereocenters. The fraction of sp³-hybridized carbons (Fsp3) is 0.700. The largest absolute Gasteiger partial charge is 0.390 e. The summed E-state index contributed by atoms with van der Waals surface area (Å²) in [4.78, 5) is 0. The minimum absolute atomic E-state index is 0.242. The van der Waals surface area contributed by atoms with Gasteiger partial charge < -0.3 is 8.85 Å². The first kappa shape index (κ1) is 20.4. The molecule has 132 valence electrons. The number of hydrogen-bond donors (Lipinski definition) is 0. The lowest BCUT2D eigenvalue weighted by Gasteiger charge is -2.34. The van der Waals surface area contributed by atoms with Gasteiger partial charge in [0.1, 0.15) is 0 Å². The van der Waals surface area contributed by atoms with Crippen molar-refractivity contribution in [1.29, 1.82) is 0 Å². The van der Waals surface area contributed by atoms with Gasteiger partial charge in [-0.2, -0.15) is 0 Å². The van der Waals surface area contributed by atoms with Crippen LogP contribution in [-0.4, -0.2) is 21.5 Å². The highest BCUT2D eigenvalue weighted by Crippen LogP contribution is 2.21. The van der Waals surface area contributed by atoms with Crippen molar-refractivity contribution in [2.45, 2.75) is 67.6 Å². The van der Waals surface area contributed by atoms with Gasteiger partial charge in [-0.3, -0.25) is 0 Å². The molecule has 0 spiro atoms. The fourth-order valence-electron chi connectivity index (χ4n) is 3.25. The molecule has 0 saturated carbocycles. The molecule has 0 N–H and O–H groups in total. The third-order valence-electron chi connectivity index (χ3n) is 4.26. The predicted octanol–water partition coefficient (Wildman–Crippen LogP) is 4.51. The molecule has 0 bridgehead atoms. The van der Waals surface area contributed by atoms with E-state index < -0.39 is 9.28 Å². The molecule has 0 amide bonds. The minimum atomic E-state index is -1.93. The van der Waals surface area contributed by atoms with E-state index in [1.165, 1.54) is 5.19 Å². The number of hydrogen-bond acceptors (Lipinski definition) is 2. The smallest absolute Gasteiger partial charge is 0.356 e. The van der Waals surface area contributed by atoms with Gasteiger partial charge in [-0.1, -0.05) is 85.7 Å². The Bertz CT molecular complexity index is 391. The Morgan fingerprint density at radius 3 is 1.26 bits per heavy atom. The normalized spacial score (nSPS) is 12.8. The van der Waals surface area contributed by atoms with Crippen LogP contribution in [0, 0.1) is 23.7 Å². The van der Waals surface area contributed by atoms with Crippen molar-refractivity contribution >= 4 is 14.5 Å². The second kappa shape index (κ2) is 9.60. The van der Waals surface area contributed by atoms with Gasteiger partial charge in [-0.25, -0.2) is 0 Å². The zero-order chi connectivity index (χ0) is 17.6. The summed E-state index contributed by atoms with van der Waals surface area (Å²) in [7, 11) is -1.93. The quantitative estimate of drug-likeness (QED) is 0.618. The molecule has 0 aliphatic heterocycles. The summed E-state index contributed by atoms with van der Waals surface area (Å²) in [6, 6.07) is 10.5. The predicted molar refractivity (Wildman–Crippen MR) is 102 cm³/mol. The van der Waals surface area contributed by atoms with Crippen LogP contribution >= 0.6 is 0 Å². The molecule has 3 heteroatoms. The van der Waals surface area contributed by atoms with Crippen LogP contribution in [0.15, 0.2) is 30.3 Å². The van der Waals surface area contributed by atoms with Crippen molar-refractivity contribution in [3.05, 3.63) is 30.3 Å². The standard InChI is InChI=1S/C20H36O2Si/c1-14(2)19(15(3)4)21-23(18-12-10-9-11-13-18)22-20(16(5)6)17(7)8/h9-17,19-20,23H,1-8H3. The van der Waals surface area contributed by atoms with E-state index in [-0.39, 0.29) is 12.2 Å². The Kier molecular flexibility index (Phi) is 8.52. The molecular weight excluding hydrogens is 300 g/mol. The lowest BCUT2D eigenvalue weighted by atomic mass is 9.97. The van der Waals surface area contributed by atoms with Crippen molar-refractivity contribution in [2.24, 2.45) is 23.7 Å². The Labute approximate surface area is 145 Å². The van der Waals surface area contributed by atoms with E-state index in [1.54, 1.807) is 0 Å². The van der Waals surface area contributed by atoms with Gasteiger partial charge in [0.05, 0.1) is 12.2 Å². The molecule has 2 nitrogen and oxygen atoms in total. The van der Waals surface area contributed by atoms with Crippen molar-refractivity contribution < 1.29 is 8.85 Å². The Morgan fingerprint density at radius 2 is 0.957 bits per heavy atom. The van der Waals surface area contributed by atoms with E-state index in [0.29, 0.717) is 23.7 Å². The van der Waals surface area contributed by atoms with Crippen LogP contribution in [0.4, 0.5) is 0 Å². The van der Waals surface area contributed by atoms with E-state index in [9.17, 15) is 0 Å². The molecule has 0 fully saturated rings. The van der Waals surface area contributed by atoms with E-state index in [1.807, 2.05) is 0 Å². The van der Waals surface area contributed by atoms with Crippen molar-refractivity contribution in [2.75, 3.05) is 0 Å². The van der Waals surface area contributed by atoms with E-state index >= 15 is 0 Å². The molecule has 0 aliphatic rings. The molecule has 0 unspecified atom stereocenters. The van der Waals surface area contributed by atoms with Crippen molar-refractivity contribution in [3.63, 3.8) is 0 Å². The van der Waals surface area contributed by atoms with Crippen LogP contribution in [0.25, 0.3) is 0 Å². The molecule has 1 aromatic rings. The Hall–Kier alpha value is -0.643. The summed E-state index contributed by atoms with van der Waals surface area (Å²) in [5, 5.41) is 1.24. The Morgan fingerprint density at radius 1 is 0.609 bits per heavy atom. The summed E-state index contributed by atoms with van der Waals surface area (Å²) in [5.41, 5.74) is 0. The van der Waals surface area contributed by atoms with Crippen LogP contribution in [-0.2, 0) is 8.85 Å². The molecule has 0 saturated heterocycles. The van der Waals surface area contributed by atoms with Gasteiger partial charge in [0.25, 0.3) is 0 Å². The van der Waals surface area contributed by atoms with Gasteiger partial charge in [0, 0.05) is 0 Å². The SMILES string of the molecule is CC(C)C(O[SiH](OC(C(C)C)C(C)C)c1ccccc1)C(C)C. The lowest BCUT2D eigenvalue weighted by molar-refractivity contribution is 0.0292. The van der Waals surface area contributed by atoms with Gasteiger partial charge in [0.15, 0.2) is 0 Å². The van der Waals surface area contributed by atoms with Crippen LogP contribution in [0.2, 0.25) is 0 Å². The Balaban J connectivity index is 3.02. The maximum atomic E-state index is 6.61. The zero-order valence-corrected chi connectivity index (χ0v) is 17.4. The molecule has 1 aromatic carbocycles. The van der Waals surface area contributed by atoms with Crippen LogP contribution in [0.5, 0.6) is 0 Å². The summed E-state index contributed by atoms with van der Waals surface area (Å²) < 4.78 is 13.2. The first-order chi connectivity index (χ1) is 10.7. The van der Waals surface area contributed by atoms with E-state index in [4.69, 9.17) is 8.85 Å². The molecule has 23 heavy (non-hydrogen) atoms. The van der Waals surface area contributed by atoms with Crippen LogP contribution in [0.1, 0.15) is 55.4 Å². The first-order valence-electron chi connectivity index (χ1n) is 9.09. The van der Waals surface area contributed by atoms with E-state index in [2.05, 4.69) is 85.7 Å². The lowest BCUT2D eigenvalue weighted by Crippen LogP contribution is -2.47. The third kappa shape index (κ3) is 6.40. The van der Waals surface area contributed by atoms with E-state index in [0.717, 1.165) is 0 Å². The highest BCUT2D eigenvalue weighted by molar-refractivity contribution is 6.61. The zero-order valence-electron chi connectivity index (χ0n) is 16.2.